The van der Waals surface area contributed by atoms with Crippen LogP contribution < -0.4 is 0 Å². The molecule has 4 nitrogen and oxygen atoms in total. The van der Waals surface area contributed by atoms with Gasteiger partial charge in [-0.05, 0) is 27.4 Å². The van der Waals surface area contributed by atoms with Gasteiger partial charge in [0, 0.05) is 0 Å². The van der Waals surface area contributed by atoms with Crippen LogP contribution in [0.1, 0.15) is 84.5 Å². The Balaban J connectivity index is 3.63. The first-order chi connectivity index (χ1) is 10.5. The Morgan fingerprint density at radius 2 is 1.41 bits per heavy atom. The highest BCUT2D eigenvalue weighted by Crippen LogP contribution is 2.14. The van der Waals surface area contributed by atoms with E-state index in [1.807, 2.05) is 19.0 Å². The minimum atomic E-state index is -1.03. The molecule has 0 radical (unpaired) electrons. The number of carbonyl (C=O) groups excluding carboxylic acids is 1. The lowest BCUT2D eigenvalue weighted by atomic mass is 10.0. The van der Waals surface area contributed by atoms with Gasteiger partial charge in [0.25, 0.3) is 0 Å². The summed E-state index contributed by atoms with van der Waals surface area (Å²) in [5, 5.41) is 9.14. The lowest BCUT2D eigenvalue weighted by Gasteiger charge is -2.23. The van der Waals surface area contributed by atoms with E-state index >= 15 is 0 Å². The highest BCUT2D eigenvalue weighted by molar-refractivity contribution is 5.75. The van der Waals surface area contributed by atoms with E-state index in [1.165, 1.54) is 64.7 Å². The second-order valence-corrected chi connectivity index (χ2v) is 6.49. The van der Waals surface area contributed by atoms with E-state index in [4.69, 9.17) is 9.84 Å². The summed E-state index contributed by atoms with van der Waals surface area (Å²) in [5.41, 5.74) is 0. The van der Waals surface area contributed by atoms with E-state index in [-0.39, 0.29) is 12.0 Å². The van der Waals surface area contributed by atoms with Gasteiger partial charge in [0.05, 0.1) is 0 Å². The van der Waals surface area contributed by atoms with Crippen LogP contribution in [0, 0.1) is 0 Å². The van der Waals surface area contributed by atoms with Gasteiger partial charge in [-0.15, -0.1) is 0 Å². The Bertz CT molecular complexity index is 267. The first kappa shape index (κ1) is 21.4. The minimum Gasteiger partial charge on any atom is -0.435 e. The van der Waals surface area contributed by atoms with E-state index < -0.39 is 6.29 Å². The van der Waals surface area contributed by atoms with E-state index in [1.54, 1.807) is 0 Å². The number of nitrogens with zero attached hydrogens (tertiary/aromatic N) is 1. The Labute approximate surface area is 137 Å². The van der Waals surface area contributed by atoms with Crippen LogP contribution in [0.25, 0.3) is 0 Å². The fourth-order valence-corrected chi connectivity index (χ4v) is 2.66. The molecular weight excluding hydrogens is 278 g/mol. The molecule has 0 aliphatic carbocycles. The van der Waals surface area contributed by atoms with E-state index in [2.05, 4.69) is 6.92 Å². The summed E-state index contributed by atoms with van der Waals surface area (Å²) in [6.07, 6.45) is 12.7. The lowest BCUT2D eigenvalue weighted by Crippen LogP contribution is -2.38. The zero-order valence-corrected chi connectivity index (χ0v) is 15.1. The summed E-state index contributed by atoms with van der Waals surface area (Å²) in [4.78, 5) is 13.7. The Kier molecular flexibility index (Phi) is 13.6. The van der Waals surface area contributed by atoms with Gasteiger partial charge >= 0.3 is 5.97 Å². The molecule has 0 amide bonds. The number of esters is 1. The first-order valence-corrected chi connectivity index (χ1v) is 9.04. The zero-order valence-electron chi connectivity index (χ0n) is 15.1. The van der Waals surface area contributed by atoms with Crippen LogP contribution >= 0.6 is 0 Å². The molecule has 2 unspecified atom stereocenters. The largest absolute Gasteiger partial charge is 0.435 e. The normalized spacial score (nSPS) is 14.1. The molecule has 1 N–H and O–H groups in total. The molecule has 0 aliphatic rings. The third kappa shape index (κ3) is 12.0. The average Bonchev–Trinajstić information content (AvgIpc) is 2.43. The van der Waals surface area contributed by atoms with Crippen molar-refractivity contribution in [2.45, 2.75) is 96.8 Å². The number of likely N-dealkylation sites (N-methyl/N-ethyl adjacent to an activating group) is 1. The molecule has 0 bridgehead atoms. The summed E-state index contributed by atoms with van der Waals surface area (Å²) in [6.45, 7) is 3.71. The predicted octanol–water partition coefficient (Wildman–Crippen LogP) is 4.11. The quantitative estimate of drug-likeness (QED) is 0.298. The summed E-state index contributed by atoms with van der Waals surface area (Å²) in [5.74, 6) is -0.323. The summed E-state index contributed by atoms with van der Waals surface area (Å²) < 4.78 is 4.89. The second kappa shape index (κ2) is 14.0. The molecule has 0 aromatic heterocycles. The van der Waals surface area contributed by atoms with Crippen LogP contribution in [0.3, 0.4) is 0 Å². The van der Waals surface area contributed by atoms with Gasteiger partial charge in [0.1, 0.15) is 6.04 Å². The molecule has 0 heterocycles. The number of hydrogen-bond acceptors (Lipinski definition) is 4. The smallest absolute Gasteiger partial charge is 0.325 e. The summed E-state index contributed by atoms with van der Waals surface area (Å²) in [6, 6.07) is -0.247. The van der Waals surface area contributed by atoms with Crippen molar-refractivity contribution in [2.24, 2.45) is 0 Å². The second-order valence-electron chi connectivity index (χ2n) is 6.49. The molecule has 4 heteroatoms. The Morgan fingerprint density at radius 3 is 1.82 bits per heavy atom. The lowest BCUT2D eigenvalue weighted by molar-refractivity contribution is -0.170. The van der Waals surface area contributed by atoms with Crippen molar-refractivity contribution in [1.82, 2.24) is 4.90 Å². The number of unbranched alkanes of at least 4 members (excludes halogenated alkanes) is 9. The molecule has 0 spiro atoms. The van der Waals surface area contributed by atoms with Gasteiger partial charge in [0.15, 0.2) is 6.29 Å². The molecule has 132 valence electrons. The molecule has 0 rings (SSSR count). The minimum absolute atomic E-state index is 0.247. The SMILES string of the molecule is CCCCCCCCCCCCC(C(=O)OC(C)O)N(C)C. The molecular formula is C18H37NO3. The maximum Gasteiger partial charge on any atom is 0.325 e. The van der Waals surface area contributed by atoms with Gasteiger partial charge < -0.3 is 9.84 Å². The van der Waals surface area contributed by atoms with Gasteiger partial charge in [-0.3, -0.25) is 9.69 Å². The number of aliphatic hydroxyl groups excluding tert-OH is 1. The van der Waals surface area contributed by atoms with Crippen LogP contribution in [0.5, 0.6) is 0 Å². The molecule has 0 saturated heterocycles. The molecule has 0 aliphatic heterocycles. The van der Waals surface area contributed by atoms with Crippen LogP contribution in [-0.4, -0.2) is 42.4 Å². The number of aliphatic hydroxyl groups is 1. The topological polar surface area (TPSA) is 49.8 Å². The molecule has 22 heavy (non-hydrogen) atoms. The van der Waals surface area contributed by atoms with Crippen molar-refractivity contribution in [3.63, 3.8) is 0 Å². The van der Waals surface area contributed by atoms with Crippen molar-refractivity contribution in [2.75, 3.05) is 14.1 Å². The molecule has 0 aromatic rings. The third-order valence-electron chi connectivity index (χ3n) is 4.01. The maximum absolute atomic E-state index is 11.9. The predicted molar refractivity (Wildman–Crippen MR) is 91.7 cm³/mol. The molecule has 0 fully saturated rings. The molecule has 0 saturated carbocycles. The average molecular weight is 315 g/mol. The molecule has 0 aromatic carbocycles. The highest BCUT2D eigenvalue weighted by Gasteiger charge is 2.22. The van der Waals surface area contributed by atoms with E-state index in [9.17, 15) is 4.79 Å². The number of carbonyl (C=O) groups is 1. The van der Waals surface area contributed by atoms with Crippen LogP contribution in [0.4, 0.5) is 0 Å². The van der Waals surface area contributed by atoms with Crippen LogP contribution in [-0.2, 0) is 9.53 Å². The monoisotopic (exact) mass is 315 g/mol. The van der Waals surface area contributed by atoms with Gasteiger partial charge in [-0.2, -0.15) is 0 Å². The van der Waals surface area contributed by atoms with E-state index in [0.717, 1.165) is 12.8 Å². The van der Waals surface area contributed by atoms with Crippen LogP contribution in [0.2, 0.25) is 0 Å². The highest BCUT2D eigenvalue weighted by atomic mass is 16.6. The summed E-state index contributed by atoms with van der Waals surface area (Å²) in [7, 11) is 3.76. The Morgan fingerprint density at radius 1 is 0.955 bits per heavy atom. The number of ether oxygens (including phenoxy) is 1. The van der Waals surface area contributed by atoms with Crippen molar-refractivity contribution in [3.05, 3.63) is 0 Å². The van der Waals surface area contributed by atoms with E-state index in [0.29, 0.717) is 0 Å². The van der Waals surface area contributed by atoms with Gasteiger partial charge in [-0.25, -0.2) is 0 Å². The molecule has 2 atom stereocenters. The number of rotatable bonds is 14. The van der Waals surface area contributed by atoms with Crippen LogP contribution in [0.15, 0.2) is 0 Å². The van der Waals surface area contributed by atoms with Crippen molar-refractivity contribution >= 4 is 5.97 Å². The first-order valence-electron chi connectivity index (χ1n) is 9.04. The third-order valence-corrected chi connectivity index (χ3v) is 4.01. The fraction of sp³-hybridized carbons (Fsp3) is 0.944. The maximum atomic E-state index is 11.9. The Hall–Kier alpha value is -0.610. The number of hydrogen-bond donors (Lipinski definition) is 1. The fourth-order valence-electron chi connectivity index (χ4n) is 2.66. The van der Waals surface area contributed by atoms with Crippen molar-refractivity contribution < 1.29 is 14.6 Å². The van der Waals surface area contributed by atoms with Crippen molar-refractivity contribution in [1.29, 1.82) is 0 Å². The van der Waals surface area contributed by atoms with Gasteiger partial charge in [0.2, 0.25) is 0 Å². The standard InChI is InChI=1S/C18H37NO3/c1-5-6-7-8-9-10-11-12-13-14-15-17(19(3)4)18(21)22-16(2)20/h16-17,20H,5-15H2,1-4H3. The van der Waals surface area contributed by atoms with Crippen molar-refractivity contribution in [3.8, 4) is 0 Å². The van der Waals surface area contributed by atoms with Gasteiger partial charge in [-0.1, -0.05) is 71.1 Å². The zero-order chi connectivity index (χ0) is 16.8. The summed E-state index contributed by atoms with van der Waals surface area (Å²) >= 11 is 0.